The number of ketones is 1. The first-order chi connectivity index (χ1) is 18.4. The summed E-state index contributed by atoms with van der Waals surface area (Å²) in [6.07, 6.45) is -1.39. The van der Waals surface area contributed by atoms with Crippen LogP contribution in [0.4, 0.5) is 40.0 Å². The highest BCUT2D eigenvalue weighted by Crippen LogP contribution is 2.49. The van der Waals surface area contributed by atoms with Crippen molar-refractivity contribution in [3.63, 3.8) is 0 Å². The molecule has 39 heavy (non-hydrogen) atoms. The van der Waals surface area contributed by atoms with Crippen LogP contribution in [0.5, 0.6) is 0 Å². The molecule has 1 saturated heterocycles. The van der Waals surface area contributed by atoms with Gasteiger partial charge in [-0.05, 0) is 19.9 Å². The van der Waals surface area contributed by atoms with Gasteiger partial charge in [0.15, 0.2) is 29.1 Å². The van der Waals surface area contributed by atoms with E-state index in [2.05, 4.69) is 14.2 Å². The van der Waals surface area contributed by atoms with Crippen LogP contribution in [-0.2, 0) is 23.4 Å². The van der Waals surface area contributed by atoms with Crippen molar-refractivity contribution in [2.75, 3.05) is 34.1 Å². The highest BCUT2D eigenvalue weighted by molar-refractivity contribution is 7.55. The number of carbonyl (C=O) groups excluding carboxylic acids is 3. The molecule has 17 heteroatoms. The van der Waals surface area contributed by atoms with Crippen LogP contribution in [0.15, 0.2) is 35.2 Å². The number of nitrogens with zero attached hydrogens (tertiary/aromatic N) is 4. The molecule has 1 fully saturated rings. The summed E-state index contributed by atoms with van der Waals surface area (Å²) in [6, 6.07) is 1.75. The fraction of sp³-hybridized carbons (Fsp3) is 0.364. The summed E-state index contributed by atoms with van der Waals surface area (Å²) in [6.45, 7) is 1.73. The number of carbonyl (C=O) groups is 3. The molecule has 1 aromatic heterocycles. The lowest BCUT2D eigenvalue weighted by molar-refractivity contribution is -0.114. The van der Waals surface area contributed by atoms with Gasteiger partial charge in [-0.1, -0.05) is 5.16 Å². The van der Waals surface area contributed by atoms with Gasteiger partial charge in [-0.2, -0.15) is 0 Å². The third-order valence-electron chi connectivity index (χ3n) is 5.50. The number of cyclic esters (lactones) is 1. The molecule has 2 atom stereocenters. The van der Waals surface area contributed by atoms with Crippen LogP contribution in [0.3, 0.4) is 0 Å². The van der Waals surface area contributed by atoms with E-state index in [0.29, 0.717) is 15.6 Å². The monoisotopic (exact) mass is 574 g/mol. The normalized spacial score (nSPS) is 18.8. The minimum Gasteiger partial charge on any atom is -0.442 e. The molecule has 3 heterocycles. The quantitative estimate of drug-likeness (QED) is 0.277. The van der Waals surface area contributed by atoms with E-state index in [4.69, 9.17) is 9.47 Å². The summed E-state index contributed by atoms with van der Waals surface area (Å²) in [4.78, 5) is 47.9. The minimum absolute atomic E-state index is 0.0332. The summed E-state index contributed by atoms with van der Waals surface area (Å²) >= 11 is 0. The lowest BCUT2D eigenvalue weighted by Gasteiger charge is -2.27. The van der Waals surface area contributed by atoms with Gasteiger partial charge in [-0.15, -0.1) is 0 Å². The van der Waals surface area contributed by atoms with Crippen molar-refractivity contribution in [3.05, 3.63) is 48.1 Å². The molecule has 0 spiro atoms. The lowest BCUT2D eigenvalue weighted by atomic mass is 10.1. The molecule has 1 N–H and O–H groups in total. The van der Waals surface area contributed by atoms with Crippen LogP contribution in [0, 0.1) is 17.5 Å². The first-order valence-electron chi connectivity index (χ1n) is 11.4. The lowest BCUT2D eigenvalue weighted by Crippen LogP contribution is -2.34. The fourth-order valence-electron chi connectivity index (χ4n) is 3.81. The molecule has 4 rings (SSSR count). The number of aromatic nitrogens is 1. The molecule has 0 aliphatic carbocycles. The first-order valence-corrected chi connectivity index (χ1v) is 12.9. The first kappa shape index (κ1) is 28.0. The zero-order chi connectivity index (χ0) is 28.5. The van der Waals surface area contributed by atoms with Crippen molar-refractivity contribution < 1.29 is 55.5 Å². The third kappa shape index (κ3) is 6.01. The highest BCUT2D eigenvalue weighted by atomic mass is 31.2. The van der Waals surface area contributed by atoms with Crippen LogP contribution >= 0.6 is 7.75 Å². The van der Waals surface area contributed by atoms with Crippen LogP contribution in [-0.4, -0.2) is 59.9 Å². The molecule has 0 saturated carbocycles. The van der Waals surface area contributed by atoms with Crippen LogP contribution in [0.2, 0.25) is 0 Å². The molecule has 0 radical (unpaired) electrons. The van der Waals surface area contributed by atoms with Crippen LogP contribution in [0.25, 0.3) is 0 Å². The summed E-state index contributed by atoms with van der Waals surface area (Å²) in [7, 11) is -5.02. The summed E-state index contributed by atoms with van der Waals surface area (Å²) in [5.74, 6) is -4.91. The van der Waals surface area contributed by atoms with Gasteiger partial charge >= 0.3 is 20.0 Å². The molecule has 2 aliphatic rings. The van der Waals surface area contributed by atoms with Crippen molar-refractivity contribution in [2.24, 2.45) is 0 Å². The number of halogens is 3. The Kier molecular flexibility index (Phi) is 7.88. The summed E-state index contributed by atoms with van der Waals surface area (Å²) < 4.78 is 77.5. The topological polar surface area (TPSA) is 152 Å². The van der Waals surface area contributed by atoms with Crippen LogP contribution in [0.1, 0.15) is 20.3 Å². The number of ether oxygens (including phenoxy) is 2. The van der Waals surface area contributed by atoms with Gasteiger partial charge in [0.2, 0.25) is 0 Å². The van der Waals surface area contributed by atoms with E-state index in [9.17, 15) is 32.6 Å². The second kappa shape index (κ2) is 11.0. The maximum Gasteiger partial charge on any atom is 0.516 e. The van der Waals surface area contributed by atoms with E-state index >= 15 is 4.39 Å². The largest absolute Gasteiger partial charge is 0.516 e. The van der Waals surface area contributed by atoms with Gasteiger partial charge in [0, 0.05) is 31.3 Å². The second-order valence-corrected chi connectivity index (χ2v) is 10.3. The Labute approximate surface area is 218 Å². The average molecular weight is 574 g/mol. The number of rotatable bonds is 8. The average Bonchev–Trinajstić information content (AvgIpc) is 3.50. The van der Waals surface area contributed by atoms with E-state index in [-0.39, 0.29) is 24.6 Å². The Hall–Kier alpha value is -4.04. The molecule has 210 valence electrons. The maximum absolute atomic E-state index is 15.1. The summed E-state index contributed by atoms with van der Waals surface area (Å²) in [5, 5.41) is 3.53. The van der Waals surface area contributed by atoms with E-state index < -0.39 is 74.1 Å². The molecule has 1 aromatic carbocycles. The maximum atomic E-state index is 15.1. The van der Waals surface area contributed by atoms with Crippen molar-refractivity contribution >= 4 is 43.0 Å². The number of anilines is 3. The summed E-state index contributed by atoms with van der Waals surface area (Å²) in [5.41, 5.74) is -1.52. The molecule has 0 bridgehead atoms. The number of benzene rings is 1. The number of allylic oxidation sites excluding steroid dienone is 1. The Balaban J connectivity index is 1.56. The Bertz CT molecular complexity index is 1350. The van der Waals surface area contributed by atoms with Crippen molar-refractivity contribution in [2.45, 2.75) is 32.5 Å². The SMILES string of the molecule is CC(C)OC(=O)OP(=O)(O)N(CC1CN(c2cc(F)c(N3C=CC(=O)CC3)c(F)c2F)C(=O)O1)c1ccon1. The van der Waals surface area contributed by atoms with Gasteiger partial charge in [-0.3, -0.25) is 14.6 Å². The molecule has 1 amide bonds. The molecular weight excluding hydrogens is 552 g/mol. The number of hydrogen-bond donors (Lipinski definition) is 1. The zero-order valence-corrected chi connectivity index (χ0v) is 21.3. The van der Waals surface area contributed by atoms with Crippen molar-refractivity contribution in [1.29, 1.82) is 0 Å². The second-order valence-electron chi connectivity index (χ2n) is 8.63. The van der Waals surface area contributed by atoms with Gasteiger partial charge in [0.1, 0.15) is 18.1 Å². The minimum atomic E-state index is -5.02. The zero-order valence-electron chi connectivity index (χ0n) is 20.5. The molecule has 2 aromatic rings. The number of amides is 1. The highest BCUT2D eigenvalue weighted by Gasteiger charge is 2.43. The Morgan fingerprint density at radius 2 is 2.05 bits per heavy atom. The van der Waals surface area contributed by atoms with E-state index in [1.807, 2.05) is 0 Å². The smallest absolute Gasteiger partial charge is 0.442 e. The molecule has 2 aliphatic heterocycles. The Morgan fingerprint density at radius 3 is 2.67 bits per heavy atom. The van der Waals surface area contributed by atoms with Gasteiger partial charge in [0.05, 0.1) is 24.9 Å². The molecule has 2 unspecified atom stereocenters. The van der Waals surface area contributed by atoms with E-state index in [1.165, 1.54) is 13.8 Å². The van der Waals surface area contributed by atoms with Gasteiger partial charge in [0.25, 0.3) is 0 Å². The van der Waals surface area contributed by atoms with E-state index in [0.717, 1.165) is 29.5 Å². The fourth-order valence-corrected chi connectivity index (χ4v) is 4.90. The standard InChI is InChI=1S/C22H22F3N4O9P/c1-12(2)36-22(32)38-39(33,34)29(17-5-8-35-26-17)11-14-10-28(21(31)37-14)16-9-15(23)20(19(25)18(16)24)27-6-3-13(30)4-7-27/h3,5-6,8-9,12,14H,4,7,10-11H2,1-2H3,(H,33,34). The predicted molar refractivity (Wildman–Crippen MR) is 126 cm³/mol. The Morgan fingerprint density at radius 1 is 1.31 bits per heavy atom. The van der Waals surface area contributed by atoms with E-state index in [1.54, 1.807) is 0 Å². The molecular formula is C22H22F3N4O9P. The van der Waals surface area contributed by atoms with Gasteiger partial charge < -0.3 is 23.4 Å². The van der Waals surface area contributed by atoms with Crippen molar-refractivity contribution in [1.82, 2.24) is 5.16 Å². The van der Waals surface area contributed by atoms with Crippen molar-refractivity contribution in [3.8, 4) is 0 Å². The van der Waals surface area contributed by atoms with Gasteiger partial charge in [-0.25, -0.2) is 32.0 Å². The predicted octanol–water partition coefficient (Wildman–Crippen LogP) is 3.88. The number of hydrogen-bond acceptors (Lipinski definition) is 10. The third-order valence-corrected chi connectivity index (χ3v) is 6.87. The van der Waals surface area contributed by atoms with Crippen LogP contribution < -0.4 is 14.5 Å². The molecule has 13 nitrogen and oxygen atoms in total.